The molecule has 0 aliphatic carbocycles. The van der Waals surface area contributed by atoms with Gasteiger partial charge in [-0.2, -0.15) is 0 Å². The SMILES string of the molecule is CC(N)C(=O)NC(CCC(=O)O)C(=O)NC(C(=O)N1CCCC1C(=O)O)C(C)C. The maximum Gasteiger partial charge on any atom is 0.326 e. The number of hydrogen-bond acceptors (Lipinski definition) is 6. The first kappa shape index (κ1) is 24.3. The Labute approximate surface area is 169 Å². The van der Waals surface area contributed by atoms with Gasteiger partial charge in [-0.1, -0.05) is 13.8 Å². The molecule has 11 nitrogen and oxygen atoms in total. The number of nitrogens with one attached hydrogen (secondary N) is 2. The van der Waals surface area contributed by atoms with Crippen molar-refractivity contribution in [3.05, 3.63) is 0 Å². The van der Waals surface area contributed by atoms with Gasteiger partial charge < -0.3 is 31.5 Å². The number of rotatable bonds is 10. The van der Waals surface area contributed by atoms with E-state index in [1.54, 1.807) is 13.8 Å². The molecule has 1 rings (SSSR count). The van der Waals surface area contributed by atoms with Crippen LogP contribution in [-0.4, -0.2) is 75.5 Å². The van der Waals surface area contributed by atoms with Crippen LogP contribution in [0, 0.1) is 5.92 Å². The molecule has 6 N–H and O–H groups in total. The van der Waals surface area contributed by atoms with E-state index in [2.05, 4.69) is 10.6 Å². The fraction of sp³-hybridized carbons (Fsp3) is 0.722. The lowest BCUT2D eigenvalue weighted by atomic mass is 10.0. The average molecular weight is 414 g/mol. The third-order valence-corrected chi connectivity index (χ3v) is 4.74. The van der Waals surface area contributed by atoms with Gasteiger partial charge in [0, 0.05) is 13.0 Å². The molecule has 1 heterocycles. The van der Waals surface area contributed by atoms with Gasteiger partial charge in [0.1, 0.15) is 18.1 Å². The highest BCUT2D eigenvalue weighted by atomic mass is 16.4. The van der Waals surface area contributed by atoms with Crippen LogP contribution in [0.15, 0.2) is 0 Å². The van der Waals surface area contributed by atoms with Crippen LogP contribution >= 0.6 is 0 Å². The Bertz CT molecular complexity index is 650. The number of nitrogens with two attached hydrogens (primary N) is 1. The monoisotopic (exact) mass is 414 g/mol. The molecule has 1 fully saturated rings. The molecule has 0 radical (unpaired) electrons. The molecule has 164 valence electrons. The van der Waals surface area contributed by atoms with Gasteiger partial charge in [-0.3, -0.25) is 19.2 Å². The van der Waals surface area contributed by atoms with Gasteiger partial charge in [0.05, 0.1) is 6.04 Å². The normalized spacial score (nSPS) is 19.3. The summed E-state index contributed by atoms with van der Waals surface area (Å²) in [4.78, 5) is 61.0. The van der Waals surface area contributed by atoms with Crippen LogP contribution in [-0.2, 0) is 24.0 Å². The van der Waals surface area contributed by atoms with E-state index in [9.17, 15) is 29.1 Å². The Kier molecular flexibility index (Phi) is 9.02. The quantitative estimate of drug-likeness (QED) is 0.299. The zero-order valence-electron chi connectivity index (χ0n) is 16.9. The highest BCUT2D eigenvalue weighted by Crippen LogP contribution is 2.20. The van der Waals surface area contributed by atoms with E-state index in [1.807, 2.05) is 0 Å². The molecule has 0 saturated carbocycles. The maximum absolute atomic E-state index is 12.9. The van der Waals surface area contributed by atoms with Gasteiger partial charge in [0.25, 0.3) is 0 Å². The minimum Gasteiger partial charge on any atom is -0.481 e. The van der Waals surface area contributed by atoms with Gasteiger partial charge in [0.15, 0.2) is 0 Å². The van der Waals surface area contributed by atoms with Crippen LogP contribution in [0.25, 0.3) is 0 Å². The Hall–Kier alpha value is -2.69. The predicted octanol–water partition coefficient (Wildman–Crippen LogP) is -1.10. The lowest BCUT2D eigenvalue weighted by molar-refractivity contribution is -0.150. The summed E-state index contributed by atoms with van der Waals surface area (Å²) in [6.45, 7) is 5.09. The summed E-state index contributed by atoms with van der Waals surface area (Å²) in [5.41, 5.74) is 5.49. The molecule has 3 amide bonds. The summed E-state index contributed by atoms with van der Waals surface area (Å²) in [6.07, 6.45) is 0.337. The molecule has 29 heavy (non-hydrogen) atoms. The number of carboxylic acid groups (broad SMARTS) is 2. The van der Waals surface area contributed by atoms with Crippen LogP contribution in [0.2, 0.25) is 0 Å². The molecule has 0 spiro atoms. The molecule has 4 atom stereocenters. The van der Waals surface area contributed by atoms with Gasteiger partial charge in [-0.25, -0.2) is 4.79 Å². The smallest absolute Gasteiger partial charge is 0.326 e. The highest BCUT2D eigenvalue weighted by Gasteiger charge is 2.39. The highest BCUT2D eigenvalue weighted by molar-refractivity contribution is 5.94. The molecular formula is C18H30N4O7. The van der Waals surface area contributed by atoms with Crippen LogP contribution in [0.3, 0.4) is 0 Å². The number of amides is 3. The third kappa shape index (κ3) is 7.00. The number of aliphatic carboxylic acids is 2. The predicted molar refractivity (Wildman–Crippen MR) is 102 cm³/mol. The second-order valence-electron chi connectivity index (χ2n) is 7.54. The molecule has 0 aromatic rings. The zero-order valence-corrected chi connectivity index (χ0v) is 16.9. The van der Waals surface area contributed by atoms with Crippen molar-refractivity contribution in [1.82, 2.24) is 15.5 Å². The topological polar surface area (TPSA) is 179 Å². The van der Waals surface area contributed by atoms with Crippen molar-refractivity contribution in [3.63, 3.8) is 0 Å². The number of nitrogens with zero attached hydrogens (tertiary/aromatic N) is 1. The van der Waals surface area contributed by atoms with Crippen LogP contribution in [0.4, 0.5) is 0 Å². The molecule has 0 aromatic heterocycles. The van der Waals surface area contributed by atoms with Gasteiger partial charge >= 0.3 is 11.9 Å². The first-order valence-electron chi connectivity index (χ1n) is 9.57. The van der Waals surface area contributed by atoms with Crippen LogP contribution in [0.5, 0.6) is 0 Å². The summed E-state index contributed by atoms with van der Waals surface area (Å²) < 4.78 is 0. The molecule has 1 saturated heterocycles. The summed E-state index contributed by atoms with van der Waals surface area (Å²) >= 11 is 0. The van der Waals surface area contributed by atoms with E-state index in [-0.39, 0.29) is 25.3 Å². The number of likely N-dealkylation sites (tertiary alicyclic amines) is 1. The molecule has 4 unspecified atom stereocenters. The summed E-state index contributed by atoms with van der Waals surface area (Å²) in [5.74, 6) is -4.48. The van der Waals surface area contributed by atoms with E-state index in [0.717, 1.165) is 0 Å². The third-order valence-electron chi connectivity index (χ3n) is 4.74. The number of hydrogen-bond donors (Lipinski definition) is 5. The van der Waals surface area contributed by atoms with E-state index >= 15 is 0 Å². The van der Waals surface area contributed by atoms with Gasteiger partial charge in [-0.05, 0) is 32.1 Å². The minimum atomic E-state index is -1.19. The lowest BCUT2D eigenvalue weighted by Gasteiger charge is -2.30. The molecule has 0 aromatic carbocycles. The molecule has 1 aliphatic rings. The van der Waals surface area contributed by atoms with Crippen molar-refractivity contribution < 1.29 is 34.2 Å². The Balaban J connectivity index is 2.96. The fourth-order valence-corrected chi connectivity index (χ4v) is 3.07. The first-order valence-corrected chi connectivity index (χ1v) is 9.57. The Morgan fingerprint density at radius 1 is 1.07 bits per heavy atom. The molecule has 0 bridgehead atoms. The largest absolute Gasteiger partial charge is 0.481 e. The average Bonchev–Trinajstić information content (AvgIpc) is 3.11. The number of carbonyl (C=O) groups is 5. The maximum atomic E-state index is 12.9. The minimum absolute atomic E-state index is 0.180. The van der Waals surface area contributed by atoms with E-state index < -0.39 is 53.8 Å². The summed E-state index contributed by atoms with van der Waals surface area (Å²) in [5, 5.41) is 23.1. The fourth-order valence-electron chi connectivity index (χ4n) is 3.07. The second-order valence-corrected chi connectivity index (χ2v) is 7.54. The van der Waals surface area contributed by atoms with Crippen molar-refractivity contribution in [3.8, 4) is 0 Å². The van der Waals surface area contributed by atoms with Crippen molar-refractivity contribution in [2.24, 2.45) is 11.7 Å². The summed E-state index contributed by atoms with van der Waals surface area (Å²) in [6, 6.07) is -4.05. The van der Waals surface area contributed by atoms with Gasteiger partial charge in [-0.15, -0.1) is 0 Å². The molecule has 1 aliphatic heterocycles. The van der Waals surface area contributed by atoms with E-state index in [4.69, 9.17) is 10.8 Å². The number of carbonyl (C=O) groups excluding carboxylic acids is 3. The summed E-state index contributed by atoms with van der Waals surface area (Å²) in [7, 11) is 0. The van der Waals surface area contributed by atoms with Crippen molar-refractivity contribution in [2.45, 2.75) is 70.6 Å². The molecular weight excluding hydrogens is 384 g/mol. The van der Waals surface area contributed by atoms with Crippen molar-refractivity contribution in [1.29, 1.82) is 0 Å². The first-order chi connectivity index (χ1) is 13.5. The Morgan fingerprint density at radius 2 is 1.69 bits per heavy atom. The van der Waals surface area contributed by atoms with Crippen molar-refractivity contribution >= 4 is 29.7 Å². The van der Waals surface area contributed by atoms with E-state index in [0.29, 0.717) is 12.8 Å². The van der Waals surface area contributed by atoms with E-state index in [1.165, 1.54) is 11.8 Å². The van der Waals surface area contributed by atoms with Crippen molar-refractivity contribution in [2.75, 3.05) is 6.54 Å². The second kappa shape index (κ2) is 10.7. The standard InChI is InChI=1S/C18H30N4O7/c1-9(2)14(17(27)22-8-4-5-12(22)18(28)29)21-16(26)11(6-7-13(23)24)20-15(25)10(3)19/h9-12,14H,4-8,19H2,1-3H3,(H,20,25)(H,21,26)(H,23,24)(H,28,29). The number of carboxylic acids is 2. The zero-order chi connectivity index (χ0) is 22.3. The van der Waals surface area contributed by atoms with Gasteiger partial charge in [0.2, 0.25) is 17.7 Å². The van der Waals surface area contributed by atoms with Crippen LogP contribution < -0.4 is 16.4 Å². The lowest BCUT2D eigenvalue weighted by Crippen LogP contribution is -2.58. The van der Waals surface area contributed by atoms with Crippen LogP contribution in [0.1, 0.15) is 46.5 Å². The molecule has 11 heteroatoms. The Morgan fingerprint density at radius 3 is 2.17 bits per heavy atom.